The number of likely N-dealkylation sites (tertiary alicyclic amines) is 1. The van der Waals surface area contributed by atoms with E-state index < -0.39 is 5.60 Å². The van der Waals surface area contributed by atoms with E-state index in [4.69, 9.17) is 0 Å². The summed E-state index contributed by atoms with van der Waals surface area (Å²) in [6, 6.07) is 1.34. The van der Waals surface area contributed by atoms with Crippen molar-refractivity contribution in [2.24, 2.45) is 34.5 Å². The van der Waals surface area contributed by atoms with Crippen LogP contribution in [0.5, 0.6) is 0 Å². The van der Waals surface area contributed by atoms with Gasteiger partial charge in [0.1, 0.15) is 0 Å². The van der Waals surface area contributed by atoms with Crippen LogP contribution >= 0.6 is 0 Å². The predicted octanol–water partition coefficient (Wildman–Crippen LogP) is 4.00. The summed E-state index contributed by atoms with van der Waals surface area (Å²) in [5.41, 5.74) is 0.337. The van der Waals surface area contributed by atoms with Crippen LogP contribution in [0.2, 0.25) is 0 Å². The predicted molar refractivity (Wildman–Crippen MR) is 111 cm³/mol. The quantitative estimate of drug-likeness (QED) is 0.751. The van der Waals surface area contributed by atoms with Crippen LogP contribution in [-0.2, 0) is 0 Å². The highest BCUT2D eigenvalue weighted by atomic mass is 16.3. The fraction of sp³-hybridized carbons (Fsp3) is 1.00. The Labute approximate surface area is 166 Å². The largest absolute Gasteiger partial charge is 0.389 e. The van der Waals surface area contributed by atoms with Gasteiger partial charge in [0.2, 0.25) is 0 Å². The number of hydrogen-bond donors (Lipinski definition) is 1. The SMILES string of the molecule is C[C@H]1[C@H]2CC[C@H]3[C@H]4CC[C@@]5(O)C[C@@H](N(C)C)CC[C@]5(C)[C@@H]4CC[C@@]23CN1C. The van der Waals surface area contributed by atoms with Crippen LogP contribution in [0.1, 0.15) is 71.6 Å². The molecule has 27 heavy (non-hydrogen) atoms. The lowest BCUT2D eigenvalue weighted by Crippen LogP contribution is -2.64. The third-order valence-electron chi connectivity index (χ3n) is 11.1. The standard InChI is InChI=1S/C24H42N2O/c1-16-19-6-7-21-18-9-13-24(27)14-17(25(3)4)8-11-22(24,2)20(18)10-12-23(19,21)15-26(16)5/h16-21,27H,6-15H2,1-5H3/t16-,17-,18-,19+,20+,21-,22+,23+,24+/m0/s1. The number of hydrogen-bond acceptors (Lipinski definition) is 3. The van der Waals surface area contributed by atoms with Crippen molar-refractivity contribution < 1.29 is 5.11 Å². The minimum absolute atomic E-state index is 0.151. The molecule has 0 bridgehead atoms. The second-order valence-corrected chi connectivity index (χ2v) is 11.8. The summed E-state index contributed by atoms with van der Waals surface area (Å²) < 4.78 is 0. The smallest absolute Gasteiger partial charge is 0.0718 e. The molecular weight excluding hydrogens is 332 g/mol. The van der Waals surface area contributed by atoms with Gasteiger partial charge in [-0.25, -0.2) is 0 Å². The van der Waals surface area contributed by atoms with Crippen molar-refractivity contribution in [2.75, 3.05) is 27.7 Å². The Hall–Kier alpha value is -0.120. The Morgan fingerprint density at radius 2 is 1.67 bits per heavy atom. The highest BCUT2D eigenvalue weighted by Gasteiger charge is 2.67. The van der Waals surface area contributed by atoms with Crippen molar-refractivity contribution in [3.05, 3.63) is 0 Å². The first-order valence-electron chi connectivity index (χ1n) is 11.8. The van der Waals surface area contributed by atoms with Gasteiger partial charge in [0.15, 0.2) is 0 Å². The Morgan fingerprint density at radius 3 is 2.41 bits per heavy atom. The molecule has 0 unspecified atom stereocenters. The fourth-order valence-electron chi connectivity index (χ4n) is 9.47. The van der Waals surface area contributed by atoms with Crippen LogP contribution in [0.4, 0.5) is 0 Å². The molecule has 3 nitrogen and oxygen atoms in total. The number of nitrogens with zero attached hydrogens (tertiary/aromatic N) is 2. The third-order valence-corrected chi connectivity index (χ3v) is 11.1. The second kappa shape index (κ2) is 5.95. The molecule has 4 saturated carbocycles. The maximum atomic E-state index is 11.9. The van der Waals surface area contributed by atoms with Crippen molar-refractivity contribution in [3.8, 4) is 0 Å². The molecule has 1 aliphatic heterocycles. The van der Waals surface area contributed by atoms with Crippen molar-refractivity contribution in [1.29, 1.82) is 0 Å². The summed E-state index contributed by atoms with van der Waals surface area (Å²) in [6.07, 6.45) is 11.6. The average Bonchev–Trinajstić information content (AvgIpc) is 3.09. The molecule has 1 spiro atoms. The number of rotatable bonds is 1. The molecule has 5 aliphatic rings. The van der Waals surface area contributed by atoms with Crippen LogP contribution in [0, 0.1) is 34.5 Å². The van der Waals surface area contributed by atoms with Crippen molar-refractivity contribution in [3.63, 3.8) is 0 Å². The van der Waals surface area contributed by atoms with E-state index in [1.807, 2.05) is 0 Å². The summed E-state index contributed by atoms with van der Waals surface area (Å²) in [5.74, 6) is 3.51. The Morgan fingerprint density at radius 1 is 0.926 bits per heavy atom. The molecule has 0 radical (unpaired) electrons. The van der Waals surface area contributed by atoms with Gasteiger partial charge < -0.3 is 14.9 Å². The Bertz CT molecular complexity index is 607. The van der Waals surface area contributed by atoms with E-state index in [2.05, 4.69) is 44.8 Å². The van der Waals surface area contributed by atoms with E-state index in [1.165, 1.54) is 51.5 Å². The molecule has 154 valence electrons. The summed E-state index contributed by atoms with van der Waals surface area (Å²) in [5, 5.41) is 11.9. The first kappa shape index (κ1) is 18.9. The topological polar surface area (TPSA) is 26.7 Å². The summed E-state index contributed by atoms with van der Waals surface area (Å²) >= 11 is 0. The van der Waals surface area contributed by atoms with Gasteiger partial charge in [-0.2, -0.15) is 0 Å². The van der Waals surface area contributed by atoms with E-state index in [9.17, 15) is 5.11 Å². The maximum Gasteiger partial charge on any atom is 0.0718 e. The van der Waals surface area contributed by atoms with Crippen LogP contribution in [0.3, 0.4) is 0 Å². The van der Waals surface area contributed by atoms with Crippen molar-refractivity contribution in [1.82, 2.24) is 9.80 Å². The molecule has 1 N–H and O–H groups in total. The first-order valence-corrected chi connectivity index (χ1v) is 11.8. The van der Waals surface area contributed by atoms with Gasteiger partial charge >= 0.3 is 0 Å². The van der Waals surface area contributed by atoms with Gasteiger partial charge in [-0.3, -0.25) is 0 Å². The molecule has 5 fully saturated rings. The zero-order valence-corrected chi connectivity index (χ0v) is 18.4. The average molecular weight is 375 g/mol. The van der Waals surface area contributed by atoms with Crippen LogP contribution in [0.25, 0.3) is 0 Å². The van der Waals surface area contributed by atoms with E-state index in [0.717, 1.165) is 42.6 Å². The molecule has 0 aromatic rings. The molecular formula is C24H42N2O. The molecule has 0 amide bonds. The summed E-state index contributed by atoms with van der Waals surface area (Å²) in [7, 11) is 6.76. The fourth-order valence-corrected chi connectivity index (χ4v) is 9.47. The lowest BCUT2D eigenvalue weighted by Gasteiger charge is -2.64. The normalized spacial score (nSPS) is 57.9. The van der Waals surface area contributed by atoms with Gasteiger partial charge in [-0.15, -0.1) is 0 Å². The Balaban J connectivity index is 1.44. The highest BCUT2D eigenvalue weighted by molar-refractivity contribution is 5.18. The third kappa shape index (κ3) is 2.31. The molecule has 0 aromatic carbocycles. The molecule has 3 heteroatoms. The van der Waals surface area contributed by atoms with E-state index in [-0.39, 0.29) is 5.41 Å². The monoisotopic (exact) mass is 374 g/mol. The molecule has 1 saturated heterocycles. The minimum Gasteiger partial charge on any atom is -0.389 e. The van der Waals surface area contributed by atoms with Gasteiger partial charge in [-0.1, -0.05) is 6.92 Å². The van der Waals surface area contributed by atoms with Crippen LogP contribution in [0.15, 0.2) is 0 Å². The highest BCUT2D eigenvalue weighted by Crippen LogP contribution is 2.70. The van der Waals surface area contributed by atoms with Crippen LogP contribution < -0.4 is 0 Å². The molecule has 5 rings (SSSR count). The minimum atomic E-state index is -0.427. The van der Waals surface area contributed by atoms with E-state index in [0.29, 0.717) is 11.5 Å². The van der Waals surface area contributed by atoms with Gasteiger partial charge in [0.25, 0.3) is 0 Å². The van der Waals surface area contributed by atoms with Gasteiger partial charge in [0, 0.05) is 18.6 Å². The van der Waals surface area contributed by atoms with Gasteiger partial charge in [-0.05, 0) is 120 Å². The lowest BCUT2D eigenvalue weighted by molar-refractivity contribution is -0.212. The summed E-state index contributed by atoms with van der Waals surface area (Å²) in [4.78, 5) is 5.02. The summed E-state index contributed by atoms with van der Waals surface area (Å²) in [6.45, 7) is 6.32. The molecule has 4 aliphatic carbocycles. The van der Waals surface area contributed by atoms with Crippen molar-refractivity contribution >= 4 is 0 Å². The zero-order chi connectivity index (χ0) is 19.2. The van der Waals surface area contributed by atoms with Gasteiger partial charge in [0.05, 0.1) is 5.60 Å². The number of aliphatic hydroxyl groups is 1. The van der Waals surface area contributed by atoms with E-state index >= 15 is 0 Å². The van der Waals surface area contributed by atoms with E-state index in [1.54, 1.807) is 0 Å². The number of fused-ring (bicyclic) bond motifs is 4. The molecule has 1 heterocycles. The second-order valence-electron chi connectivity index (χ2n) is 11.8. The first-order chi connectivity index (χ1) is 12.7. The Kier molecular flexibility index (Phi) is 4.16. The maximum absolute atomic E-state index is 11.9. The zero-order valence-electron chi connectivity index (χ0n) is 18.4. The lowest BCUT2D eigenvalue weighted by atomic mass is 9.43. The molecule has 0 aromatic heterocycles. The molecule has 9 atom stereocenters. The van der Waals surface area contributed by atoms with Crippen molar-refractivity contribution in [2.45, 2.75) is 89.3 Å². The van der Waals surface area contributed by atoms with Crippen LogP contribution in [-0.4, -0.2) is 60.3 Å².